The SMILES string of the molecule is COc1ccc(Cl)cc1N1C[C@H](C#N)N(c2cncc3ccccc23)C1=O. The van der Waals surface area contributed by atoms with E-state index in [1.54, 1.807) is 30.6 Å². The fourth-order valence-corrected chi connectivity index (χ4v) is 3.50. The third kappa shape index (κ3) is 2.82. The normalized spacial score (nSPS) is 16.6. The van der Waals surface area contributed by atoms with Crippen molar-refractivity contribution in [2.45, 2.75) is 6.04 Å². The molecule has 4 rings (SSSR count). The van der Waals surface area contributed by atoms with E-state index in [0.717, 1.165) is 10.8 Å². The molecule has 134 valence electrons. The highest BCUT2D eigenvalue weighted by molar-refractivity contribution is 6.31. The number of urea groups is 1. The summed E-state index contributed by atoms with van der Waals surface area (Å²) in [5, 5.41) is 11.9. The number of carbonyl (C=O) groups is 1. The van der Waals surface area contributed by atoms with E-state index < -0.39 is 6.04 Å². The molecule has 0 aliphatic carbocycles. The number of methoxy groups -OCH3 is 1. The van der Waals surface area contributed by atoms with Crippen LogP contribution in [0.25, 0.3) is 10.8 Å². The van der Waals surface area contributed by atoms with E-state index in [9.17, 15) is 10.1 Å². The molecule has 6 nitrogen and oxygen atoms in total. The molecule has 0 unspecified atom stereocenters. The van der Waals surface area contributed by atoms with Crippen LogP contribution in [0.1, 0.15) is 0 Å². The second-order valence-corrected chi connectivity index (χ2v) is 6.54. The van der Waals surface area contributed by atoms with Gasteiger partial charge in [-0.3, -0.25) is 14.8 Å². The first-order chi connectivity index (χ1) is 13.1. The molecule has 1 aliphatic heterocycles. The zero-order chi connectivity index (χ0) is 19.0. The van der Waals surface area contributed by atoms with Crippen LogP contribution in [0.3, 0.4) is 0 Å². The molecule has 0 N–H and O–H groups in total. The van der Waals surface area contributed by atoms with Crippen molar-refractivity contribution in [3.8, 4) is 11.8 Å². The lowest BCUT2D eigenvalue weighted by molar-refractivity contribution is 0.255. The van der Waals surface area contributed by atoms with Gasteiger partial charge < -0.3 is 4.74 Å². The Morgan fingerprint density at radius 1 is 1.22 bits per heavy atom. The molecule has 1 fully saturated rings. The molecule has 1 aromatic heterocycles. The van der Waals surface area contributed by atoms with Gasteiger partial charge in [0.2, 0.25) is 0 Å². The maximum absolute atomic E-state index is 13.3. The molecule has 2 heterocycles. The van der Waals surface area contributed by atoms with Crippen molar-refractivity contribution >= 4 is 39.8 Å². The van der Waals surface area contributed by atoms with E-state index in [2.05, 4.69) is 11.1 Å². The topological polar surface area (TPSA) is 69.5 Å². The van der Waals surface area contributed by atoms with Crippen LogP contribution in [0.15, 0.2) is 54.9 Å². The van der Waals surface area contributed by atoms with E-state index in [1.165, 1.54) is 16.9 Å². The molecule has 0 spiro atoms. The van der Waals surface area contributed by atoms with Gasteiger partial charge in [-0.25, -0.2) is 4.79 Å². The average molecular weight is 379 g/mol. The van der Waals surface area contributed by atoms with Gasteiger partial charge in [-0.05, 0) is 18.2 Å². The standard InChI is InChI=1S/C20H15ClN4O2/c1-27-19-7-6-14(21)8-17(19)24-12-15(9-22)25(20(24)26)18-11-23-10-13-4-2-3-5-16(13)18/h2-8,10-11,15H,12H2,1H3/t15-/m0/s1. The second-order valence-electron chi connectivity index (χ2n) is 6.10. The minimum atomic E-state index is -0.659. The van der Waals surface area contributed by atoms with Crippen molar-refractivity contribution in [1.82, 2.24) is 4.98 Å². The first-order valence-corrected chi connectivity index (χ1v) is 8.68. The molecule has 27 heavy (non-hydrogen) atoms. The summed E-state index contributed by atoms with van der Waals surface area (Å²) in [5.41, 5.74) is 1.14. The number of pyridine rings is 1. The van der Waals surface area contributed by atoms with Crippen LogP contribution in [0.2, 0.25) is 5.02 Å². The summed E-state index contributed by atoms with van der Waals surface area (Å²) in [7, 11) is 1.53. The Balaban J connectivity index is 1.83. The van der Waals surface area contributed by atoms with E-state index in [0.29, 0.717) is 22.1 Å². The Hall–Kier alpha value is -3.30. The number of anilines is 2. The van der Waals surface area contributed by atoms with Crippen molar-refractivity contribution in [3.05, 3.63) is 59.9 Å². The third-order valence-electron chi connectivity index (χ3n) is 4.59. The highest BCUT2D eigenvalue weighted by Crippen LogP contribution is 2.37. The van der Waals surface area contributed by atoms with Crippen molar-refractivity contribution in [2.75, 3.05) is 23.5 Å². The lowest BCUT2D eigenvalue weighted by Gasteiger charge is -2.22. The highest BCUT2D eigenvalue weighted by Gasteiger charge is 2.41. The van der Waals surface area contributed by atoms with Gasteiger partial charge in [0.25, 0.3) is 0 Å². The van der Waals surface area contributed by atoms with Crippen LogP contribution in [0, 0.1) is 11.3 Å². The molecular weight excluding hydrogens is 364 g/mol. The number of aromatic nitrogens is 1. The van der Waals surface area contributed by atoms with Gasteiger partial charge >= 0.3 is 6.03 Å². The number of hydrogen-bond acceptors (Lipinski definition) is 4. The number of benzene rings is 2. The van der Waals surface area contributed by atoms with E-state index in [4.69, 9.17) is 16.3 Å². The van der Waals surface area contributed by atoms with Crippen LogP contribution < -0.4 is 14.5 Å². The van der Waals surface area contributed by atoms with Crippen LogP contribution >= 0.6 is 11.6 Å². The van der Waals surface area contributed by atoms with Crippen molar-refractivity contribution < 1.29 is 9.53 Å². The zero-order valence-electron chi connectivity index (χ0n) is 14.5. The van der Waals surface area contributed by atoms with Crippen molar-refractivity contribution in [3.63, 3.8) is 0 Å². The Bertz CT molecular complexity index is 1070. The lowest BCUT2D eigenvalue weighted by Crippen LogP contribution is -2.34. The number of rotatable bonds is 3. The first-order valence-electron chi connectivity index (χ1n) is 8.30. The number of amides is 2. The fourth-order valence-electron chi connectivity index (χ4n) is 3.33. The van der Waals surface area contributed by atoms with Crippen LogP contribution in [0.4, 0.5) is 16.2 Å². The highest BCUT2D eigenvalue weighted by atomic mass is 35.5. The average Bonchev–Trinajstić information content (AvgIpc) is 3.03. The lowest BCUT2D eigenvalue weighted by atomic mass is 10.1. The maximum atomic E-state index is 13.3. The molecule has 2 aromatic carbocycles. The number of hydrogen-bond donors (Lipinski definition) is 0. The van der Waals surface area contributed by atoms with Gasteiger partial charge in [0.1, 0.15) is 11.8 Å². The molecule has 1 saturated heterocycles. The van der Waals surface area contributed by atoms with E-state index >= 15 is 0 Å². The third-order valence-corrected chi connectivity index (χ3v) is 4.83. The summed E-state index contributed by atoms with van der Waals surface area (Å²) in [6, 6.07) is 13.9. The number of carbonyl (C=O) groups excluding carboxylic acids is 1. The van der Waals surface area contributed by atoms with Gasteiger partial charge in [0, 0.05) is 22.0 Å². The number of nitrogens with zero attached hydrogens (tertiary/aromatic N) is 4. The van der Waals surface area contributed by atoms with Gasteiger partial charge in [-0.2, -0.15) is 5.26 Å². The summed E-state index contributed by atoms with van der Waals surface area (Å²) in [6.07, 6.45) is 3.35. The van der Waals surface area contributed by atoms with Crippen LogP contribution in [-0.4, -0.2) is 30.7 Å². The summed E-state index contributed by atoms with van der Waals surface area (Å²) >= 11 is 6.12. The van der Waals surface area contributed by atoms with Gasteiger partial charge in [0.05, 0.1) is 37.3 Å². The minimum Gasteiger partial charge on any atom is -0.495 e. The number of ether oxygens (including phenoxy) is 1. The van der Waals surface area contributed by atoms with E-state index in [-0.39, 0.29) is 12.6 Å². The Kier molecular flexibility index (Phi) is 4.30. The molecule has 7 heteroatoms. The van der Waals surface area contributed by atoms with Gasteiger partial charge in [-0.15, -0.1) is 0 Å². The number of halogens is 1. The molecule has 0 saturated carbocycles. The van der Waals surface area contributed by atoms with Crippen molar-refractivity contribution in [2.24, 2.45) is 0 Å². The number of fused-ring (bicyclic) bond motifs is 1. The Morgan fingerprint density at radius 3 is 2.81 bits per heavy atom. The first kappa shape index (κ1) is 17.1. The smallest absolute Gasteiger partial charge is 0.330 e. The molecular formula is C20H15ClN4O2. The molecule has 1 aliphatic rings. The fraction of sp³-hybridized carbons (Fsp3) is 0.150. The van der Waals surface area contributed by atoms with E-state index in [1.807, 2.05) is 24.3 Å². The maximum Gasteiger partial charge on any atom is 0.330 e. The Morgan fingerprint density at radius 2 is 2.04 bits per heavy atom. The molecule has 0 radical (unpaired) electrons. The van der Waals surface area contributed by atoms with Gasteiger partial charge in [-0.1, -0.05) is 35.9 Å². The summed E-state index contributed by atoms with van der Waals surface area (Å²) in [6.45, 7) is 0.204. The largest absolute Gasteiger partial charge is 0.495 e. The minimum absolute atomic E-state index is 0.204. The number of nitriles is 1. The van der Waals surface area contributed by atoms with Gasteiger partial charge in [0.15, 0.2) is 0 Å². The predicted octanol–water partition coefficient (Wildman–Crippen LogP) is 4.24. The second kappa shape index (κ2) is 6.78. The molecule has 1 atom stereocenters. The molecule has 0 bridgehead atoms. The van der Waals surface area contributed by atoms with Crippen LogP contribution in [0.5, 0.6) is 5.75 Å². The van der Waals surface area contributed by atoms with Crippen molar-refractivity contribution in [1.29, 1.82) is 5.26 Å². The Labute approximate surface area is 161 Å². The summed E-state index contributed by atoms with van der Waals surface area (Å²) in [4.78, 5) is 20.5. The summed E-state index contributed by atoms with van der Waals surface area (Å²) in [5.74, 6) is 0.516. The summed E-state index contributed by atoms with van der Waals surface area (Å²) < 4.78 is 5.37. The molecule has 2 amide bonds. The molecule has 3 aromatic rings. The quantitative estimate of drug-likeness (QED) is 0.683. The van der Waals surface area contributed by atoms with Crippen LogP contribution in [-0.2, 0) is 0 Å². The zero-order valence-corrected chi connectivity index (χ0v) is 15.2. The monoisotopic (exact) mass is 378 g/mol. The predicted molar refractivity (Wildman–Crippen MR) is 104 cm³/mol.